The molecule has 9 atom stereocenters. The molecule has 0 bridgehead atoms. The normalized spacial score (nSPS) is 33.0. The standard InChI is InChI=1S/C47H83N3O8/c1-26(2)30-17-31(22-44(9,10)21-30)55-40(51)38(41(52)56-32-18-35(27(3)4)48-45(11,12)23-32)39(42(53)57-33-19-36(28(5)6)49-46(13,14)24-33)43(54)58-34-20-37(29(7)8)50-47(15,16)25-34/h26-39,48-50H,17-25H2,1-16H3. The lowest BCUT2D eigenvalue weighted by Crippen LogP contribution is -2.58. The van der Waals surface area contributed by atoms with Gasteiger partial charge in [0.05, 0.1) is 0 Å². The van der Waals surface area contributed by atoms with Crippen LogP contribution in [0.25, 0.3) is 0 Å². The maximum atomic E-state index is 14.8. The molecule has 0 amide bonds. The lowest BCUT2D eigenvalue weighted by Gasteiger charge is -2.44. The highest BCUT2D eigenvalue weighted by Crippen LogP contribution is 2.43. The minimum atomic E-state index is -1.90. The Balaban J connectivity index is 1.76. The first-order valence-corrected chi connectivity index (χ1v) is 22.7. The molecule has 3 aliphatic heterocycles. The molecule has 4 aliphatic rings. The summed E-state index contributed by atoms with van der Waals surface area (Å²) in [5, 5.41) is 11.0. The second-order valence-corrected chi connectivity index (χ2v) is 23.0. The summed E-state index contributed by atoms with van der Waals surface area (Å²) in [6.07, 6.45) is 3.15. The van der Waals surface area contributed by atoms with Gasteiger partial charge in [-0.25, -0.2) is 0 Å². The Morgan fingerprint density at radius 3 is 0.948 bits per heavy atom. The number of esters is 4. The molecular weight excluding hydrogens is 735 g/mol. The van der Waals surface area contributed by atoms with Crippen LogP contribution in [0.2, 0.25) is 0 Å². The van der Waals surface area contributed by atoms with Crippen molar-refractivity contribution in [2.24, 2.45) is 46.8 Å². The second-order valence-electron chi connectivity index (χ2n) is 23.0. The van der Waals surface area contributed by atoms with Crippen molar-refractivity contribution in [2.45, 2.75) is 228 Å². The zero-order chi connectivity index (χ0) is 43.7. The molecule has 4 fully saturated rings. The van der Waals surface area contributed by atoms with Gasteiger partial charge in [0, 0.05) is 73.3 Å². The van der Waals surface area contributed by atoms with Gasteiger partial charge < -0.3 is 34.9 Å². The van der Waals surface area contributed by atoms with Crippen molar-refractivity contribution in [3.05, 3.63) is 0 Å². The van der Waals surface area contributed by atoms with Gasteiger partial charge in [-0.15, -0.1) is 0 Å². The molecule has 0 aromatic rings. The van der Waals surface area contributed by atoms with Crippen molar-refractivity contribution in [3.8, 4) is 0 Å². The van der Waals surface area contributed by atoms with Crippen LogP contribution in [-0.4, -0.2) is 83.0 Å². The molecule has 58 heavy (non-hydrogen) atoms. The number of rotatable bonds is 13. The zero-order valence-corrected chi connectivity index (χ0v) is 39.2. The zero-order valence-electron chi connectivity index (χ0n) is 39.2. The largest absolute Gasteiger partial charge is 0.462 e. The predicted molar refractivity (Wildman–Crippen MR) is 228 cm³/mol. The van der Waals surface area contributed by atoms with Crippen LogP contribution in [0.3, 0.4) is 0 Å². The Hall–Kier alpha value is -2.24. The van der Waals surface area contributed by atoms with Crippen LogP contribution in [0.1, 0.15) is 169 Å². The van der Waals surface area contributed by atoms with Crippen LogP contribution in [0.15, 0.2) is 0 Å². The van der Waals surface area contributed by atoms with E-state index in [2.05, 4.69) is 127 Å². The van der Waals surface area contributed by atoms with Crippen LogP contribution in [0.4, 0.5) is 0 Å². The molecule has 1 saturated carbocycles. The van der Waals surface area contributed by atoms with Gasteiger partial charge in [-0.2, -0.15) is 0 Å². The highest BCUT2D eigenvalue weighted by atomic mass is 16.6. The van der Waals surface area contributed by atoms with Crippen molar-refractivity contribution >= 4 is 23.9 Å². The van der Waals surface area contributed by atoms with Crippen molar-refractivity contribution in [1.82, 2.24) is 16.0 Å². The number of carbonyl (C=O) groups is 4. The summed E-state index contributed by atoms with van der Waals surface area (Å²) in [7, 11) is 0. The molecule has 1 aliphatic carbocycles. The van der Waals surface area contributed by atoms with Gasteiger partial charge in [0.15, 0.2) is 11.8 Å². The lowest BCUT2D eigenvalue weighted by atomic mass is 9.68. The molecule has 0 spiro atoms. The van der Waals surface area contributed by atoms with Gasteiger partial charge in [0.25, 0.3) is 0 Å². The molecule has 3 N–H and O–H groups in total. The first-order valence-electron chi connectivity index (χ1n) is 22.7. The topological polar surface area (TPSA) is 141 Å². The fourth-order valence-electron chi connectivity index (χ4n) is 10.5. The second kappa shape index (κ2) is 18.8. The summed E-state index contributed by atoms with van der Waals surface area (Å²) in [6, 6.07) is 0.177. The van der Waals surface area contributed by atoms with E-state index in [1.165, 1.54) is 0 Å². The van der Waals surface area contributed by atoms with E-state index < -0.39 is 60.1 Å². The first kappa shape index (κ1) is 48.4. The van der Waals surface area contributed by atoms with Gasteiger partial charge in [-0.1, -0.05) is 69.2 Å². The quantitative estimate of drug-likeness (QED) is 0.0949. The minimum absolute atomic E-state index is 0.0587. The van der Waals surface area contributed by atoms with E-state index in [4.69, 9.17) is 18.9 Å². The van der Waals surface area contributed by atoms with E-state index in [1.807, 2.05) is 0 Å². The Morgan fingerprint density at radius 2 is 0.690 bits per heavy atom. The maximum absolute atomic E-state index is 14.8. The molecule has 334 valence electrons. The minimum Gasteiger partial charge on any atom is -0.462 e. The van der Waals surface area contributed by atoms with E-state index in [0.717, 1.165) is 6.42 Å². The molecule has 0 aromatic heterocycles. The molecule has 4 rings (SSSR count). The first-order chi connectivity index (χ1) is 26.6. The molecule has 0 radical (unpaired) electrons. The summed E-state index contributed by atoms with van der Waals surface area (Å²) in [6.45, 7) is 33.8. The number of ether oxygens (including phenoxy) is 4. The Morgan fingerprint density at radius 1 is 0.414 bits per heavy atom. The highest BCUT2D eigenvalue weighted by Gasteiger charge is 2.53. The summed E-state index contributed by atoms with van der Waals surface area (Å²) in [4.78, 5) is 59.3. The van der Waals surface area contributed by atoms with Crippen LogP contribution >= 0.6 is 0 Å². The molecular formula is C47H83N3O8. The van der Waals surface area contributed by atoms with Gasteiger partial charge in [-0.05, 0) is 95.8 Å². The number of carbonyl (C=O) groups excluding carboxylic acids is 4. The van der Waals surface area contributed by atoms with Gasteiger partial charge >= 0.3 is 23.9 Å². The number of nitrogens with one attached hydrogen (secondary N) is 3. The molecule has 0 aromatic carbocycles. The van der Waals surface area contributed by atoms with Crippen molar-refractivity contribution in [1.29, 1.82) is 0 Å². The molecule has 3 heterocycles. The lowest BCUT2D eigenvalue weighted by molar-refractivity contribution is -0.190. The fraction of sp³-hybridized carbons (Fsp3) is 0.915. The summed E-state index contributed by atoms with van der Waals surface area (Å²) >= 11 is 0. The average Bonchev–Trinajstić information content (AvgIpc) is 3.03. The SMILES string of the molecule is CC(C)C1CC(OC(=O)C(C(=O)OC2CC(C(C)C)NC(C)(C)C2)C(C(=O)OC2CC(C(C)C)NC(C)(C)C2)C(=O)OC2CC(C(C)C)NC(C)(C)C2)CC(C)(C)C1. The summed E-state index contributed by atoms with van der Waals surface area (Å²) in [5.74, 6) is -6.13. The molecule has 11 nitrogen and oxygen atoms in total. The van der Waals surface area contributed by atoms with Crippen molar-refractivity contribution in [2.75, 3.05) is 0 Å². The molecule has 3 saturated heterocycles. The number of hydrogen-bond acceptors (Lipinski definition) is 11. The van der Waals surface area contributed by atoms with E-state index in [1.54, 1.807) is 0 Å². The average molecular weight is 818 g/mol. The Bertz CT molecular complexity index is 1230. The van der Waals surface area contributed by atoms with Gasteiger partial charge in [0.1, 0.15) is 24.4 Å². The maximum Gasteiger partial charge on any atom is 0.322 e. The third-order valence-corrected chi connectivity index (χ3v) is 13.5. The molecule has 11 heteroatoms. The van der Waals surface area contributed by atoms with Crippen molar-refractivity contribution < 1.29 is 38.1 Å². The fourth-order valence-corrected chi connectivity index (χ4v) is 10.5. The van der Waals surface area contributed by atoms with Crippen LogP contribution in [-0.2, 0) is 38.1 Å². The molecule has 9 unspecified atom stereocenters. The summed E-state index contributed by atoms with van der Waals surface area (Å²) < 4.78 is 25.2. The predicted octanol–water partition coefficient (Wildman–Crippen LogP) is 7.91. The third-order valence-electron chi connectivity index (χ3n) is 13.5. The van der Waals surface area contributed by atoms with E-state index in [-0.39, 0.29) is 57.9 Å². The third kappa shape index (κ3) is 13.4. The summed E-state index contributed by atoms with van der Waals surface area (Å²) in [5.41, 5.74) is -1.17. The van der Waals surface area contributed by atoms with Crippen LogP contribution < -0.4 is 16.0 Å². The van der Waals surface area contributed by atoms with Crippen molar-refractivity contribution in [3.63, 3.8) is 0 Å². The van der Waals surface area contributed by atoms with Gasteiger partial charge in [-0.3, -0.25) is 19.2 Å². The van der Waals surface area contributed by atoms with Gasteiger partial charge in [0.2, 0.25) is 0 Å². The Kier molecular flexibility index (Phi) is 15.7. The number of hydrogen-bond donors (Lipinski definition) is 3. The number of piperidine rings is 3. The monoisotopic (exact) mass is 818 g/mol. The smallest absolute Gasteiger partial charge is 0.322 e. The van der Waals surface area contributed by atoms with E-state index in [0.29, 0.717) is 63.2 Å². The van der Waals surface area contributed by atoms with E-state index >= 15 is 0 Å². The van der Waals surface area contributed by atoms with Crippen LogP contribution in [0.5, 0.6) is 0 Å². The Labute approximate surface area is 351 Å². The highest BCUT2D eigenvalue weighted by molar-refractivity contribution is 6.07. The van der Waals surface area contributed by atoms with E-state index in [9.17, 15) is 19.2 Å². The van der Waals surface area contributed by atoms with Crippen LogP contribution in [0, 0.1) is 46.8 Å².